The van der Waals surface area contributed by atoms with Gasteiger partial charge >= 0.3 is 0 Å². The Morgan fingerprint density at radius 3 is 2.75 bits per heavy atom. The predicted octanol–water partition coefficient (Wildman–Crippen LogP) is 3.79. The summed E-state index contributed by atoms with van der Waals surface area (Å²) in [5, 5.41) is 2.88. The largest absolute Gasteiger partial charge is 0.490 e. The molecule has 0 unspecified atom stereocenters. The minimum Gasteiger partial charge on any atom is -0.490 e. The number of anilines is 1. The lowest BCUT2D eigenvalue weighted by atomic mass is 10.2. The van der Waals surface area contributed by atoms with E-state index in [-0.39, 0.29) is 12.7 Å². The van der Waals surface area contributed by atoms with Gasteiger partial charge in [0.15, 0.2) is 11.5 Å². The van der Waals surface area contributed by atoms with Gasteiger partial charge in [-0.3, -0.25) is 4.79 Å². The second-order valence-corrected chi connectivity index (χ2v) is 6.31. The molecule has 0 atom stereocenters. The van der Waals surface area contributed by atoms with Crippen LogP contribution in [0.3, 0.4) is 0 Å². The van der Waals surface area contributed by atoms with Gasteiger partial charge in [0.05, 0.1) is 5.69 Å². The Kier molecular flexibility index (Phi) is 6.92. The van der Waals surface area contributed by atoms with Crippen molar-refractivity contribution in [3.05, 3.63) is 54.1 Å². The molecule has 1 aliphatic rings. The molecule has 1 amide bonds. The molecule has 0 aromatic heterocycles. The number of carbonyl (C=O) groups is 1. The summed E-state index contributed by atoms with van der Waals surface area (Å²) in [6.45, 7) is 7.88. The van der Waals surface area contributed by atoms with Gasteiger partial charge in [-0.2, -0.15) is 0 Å². The van der Waals surface area contributed by atoms with Gasteiger partial charge in [0.2, 0.25) is 12.7 Å². The standard InChI is InChI=1S/C22H26N2O4/c1-3-24(4-2)13-14-26-19-8-6-5-7-18(19)23-22(25)12-10-17-9-11-20-21(15-17)28-16-27-20/h5-12,15H,3-4,13-14,16H2,1-2H3,(H,23,25)/b12-10+. The number of hydrogen-bond donors (Lipinski definition) is 1. The zero-order valence-corrected chi connectivity index (χ0v) is 16.3. The van der Waals surface area contributed by atoms with Crippen LogP contribution in [0.4, 0.5) is 5.69 Å². The number of benzene rings is 2. The Bertz CT molecular complexity index is 831. The summed E-state index contributed by atoms with van der Waals surface area (Å²) in [5.74, 6) is 1.85. The quantitative estimate of drug-likeness (QED) is 0.669. The van der Waals surface area contributed by atoms with Crippen LogP contribution in [0.15, 0.2) is 48.5 Å². The molecule has 6 nitrogen and oxygen atoms in total. The normalized spacial score (nSPS) is 12.5. The number of nitrogens with one attached hydrogen (secondary N) is 1. The first-order valence-electron chi connectivity index (χ1n) is 9.52. The highest BCUT2D eigenvalue weighted by atomic mass is 16.7. The Hall–Kier alpha value is -2.99. The smallest absolute Gasteiger partial charge is 0.248 e. The summed E-state index contributed by atoms with van der Waals surface area (Å²) >= 11 is 0. The third kappa shape index (κ3) is 5.27. The van der Waals surface area contributed by atoms with E-state index < -0.39 is 0 Å². The molecule has 2 aromatic carbocycles. The molecule has 28 heavy (non-hydrogen) atoms. The molecular weight excluding hydrogens is 356 g/mol. The van der Waals surface area contributed by atoms with Gasteiger partial charge in [-0.25, -0.2) is 0 Å². The lowest BCUT2D eigenvalue weighted by Crippen LogP contribution is -2.28. The van der Waals surface area contributed by atoms with E-state index in [1.54, 1.807) is 6.08 Å². The van der Waals surface area contributed by atoms with Crippen LogP contribution in [0.1, 0.15) is 19.4 Å². The van der Waals surface area contributed by atoms with E-state index in [1.165, 1.54) is 6.08 Å². The second kappa shape index (κ2) is 9.80. The van der Waals surface area contributed by atoms with Crippen LogP contribution in [-0.4, -0.2) is 43.8 Å². The van der Waals surface area contributed by atoms with Crippen LogP contribution < -0.4 is 19.5 Å². The summed E-state index contributed by atoms with van der Waals surface area (Å²) in [5.41, 5.74) is 1.52. The Morgan fingerprint density at radius 2 is 1.93 bits per heavy atom. The molecule has 0 spiro atoms. The number of carbonyl (C=O) groups excluding carboxylic acids is 1. The van der Waals surface area contributed by atoms with E-state index in [9.17, 15) is 4.79 Å². The highest BCUT2D eigenvalue weighted by molar-refractivity contribution is 6.02. The van der Waals surface area contributed by atoms with E-state index >= 15 is 0 Å². The topological polar surface area (TPSA) is 60.0 Å². The Balaban J connectivity index is 1.58. The van der Waals surface area contributed by atoms with Crippen LogP contribution in [-0.2, 0) is 4.79 Å². The zero-order valence-electron chi connectivity index (χ0n) is 16.3. The number of para-hydroxylation sites is 2. The van der Waals surface area contributed by atoms with E-state index in [0.29, 0.717) is 23.8 Å². The summed E-state index contributed by atoms with van der Waals surface area (Å²) in [4.78, 5) is 14.6. The average Bonchev–Trinajstić information content (AvgIpc) is 3.19. The number of nitrogens with zero attached hydrogens (tertiary/aromatic N) is 1. The van der Waals surface area contributed by atoms with Gasteiger partial charge in [-0.15, -0.1) is 0 Å². The minimum atomic E-state index is -0.225. The van der Waals surface area contributed by atoms with Crippen LogP contribution in [0.2, 0.25) is 0 Å². The average molecular weight is 382 g/mol. The van der Waals surface area contributed by atoms with Gasteiger partial charge in [-0.05, 0) is 49.0 Å². The summed E-state index contributed by atoms with van der Waals surface area (Å²) in [6, 6.07) is 13.0. The lowest BCUT2D eigenvalue weighted by Gasteiger charge is -2.19. The predicted molar refractivity (Wildman–Crippen MR) is 110 cm³/mol. The number of fused-ring (bicyclic) bond motifs is 1. The highest BCUT2D eigenvalue weighted by Gasteiger charge is 2.12. The van der Waals surface area contributed by atoms with Gasteiger partial charge in [0, 0.05) is 12.6 Å². The maximum absolute atomic E-state index is 12.3. The molecule has 3 rings (SSSR count). The molecule has 1 heterocycles. The highest BCUT2D eigenvalue weighted by Crippen LogP contribution is 2.32. The number of amides is 1. The van der Waals surface area contributed by atoms with Gasteiger partial charge in [0.1, 0.15) is 12.4 Å². The fraction of sp³-hybridized carbons (Fsp3) is 0.318. The maximum Gasteiger partial charge on any atom is 0.248 e. The number of ether oxygens (including phenoxy) is 3. The lowest BCUT2D eigenvalue weighted by molar-refractivity contribution is -0.111. The fourth-order valence-electron chi connectivity index (χ4n) is 2.88. The Morgan fingerprint density at radius 1 is 1.14 bits per heavy atom. The minimum absolute atomic E-state index is 0.225. The number of likely N-dealkylation sites (N-methyl/N-ethyl adjacent to an activating group) is 1. The molecule has 0 fully saturated rings. The van der Waals surface area contributed by atoms with Crippen molar-refractivity contribution in [2.24, 2.45) is 0 Å². The molecule has 0 radical (unpaired) electrons. The molecule has 0 aliphatic carbocycles. The monoisotopic (exact) mass is 382 g/mol. The van der Waals surface area contributed by atoms with Crippen molar-refractivity contribution in [1.82, 2.24) is 4.90 Å². The van der Waals surface area contributed by atoms with Crippen molar-refractivity contribution in [2.75, 3.05) is 38.4 Å². The van der Waals surface area contributed by atoms with Crippen LogP contribution >= 0.6 is 0 Å². The first kappa shape index (κ1) is 19.8. The number of hydrogen-bond acceptors (Lipinski definition) is 5. The van der Waals surface area contributed by atoms with Crippen LogP contribution in [0.25, 0.3) is 6.08 Å². The molecule has 148 valence electrons. The molecule has 0 saturated heterocycles. The third-order valence-electron chi connectivity index (χ3n) is 4.53. The first-order chi connectivity index (χ1) is 13.7. The zero-order chi connectivity index (χ0) is 19.8. The molecule has 2 aromatic rings. The molecule has 0 bridgehead atoms. The SMILES string of the molecule is CCN(CC)CCOc1ccccc1NC(=O)/C=C/c1ccc2c(c1)OCO2. The van der Waals surface area contributed by atoms with Gasteiger partial charge < -0.3 is 24.4 Å². The van der Waals surface area contributed by atoms with Crippen molar-refractivity contribution in [2.45, 2.75) is 13.8 Å². The van der Waals surface area contributed by atoms with Crippen LogP contribution in [0.5, 0.6) is 17.2 Å². The van der Waals surface area contributed by atoms with Crippen molar-refractivity contribution in [3.8, 4) is 17.2 Å². The number of rotatable bonds is 9. The summed E-state index contributed by atoms with van der Waals surface area (Å²) in [7, 11) is 0. The van der Waals surface area contributed by atoms with Gasteiger partial charge in [0.25, 0.3) is 0 Å². The fourth-order valence-corrected chi connectivity index (χ4v) is 2.88. The summed E-state index contributed by atoms with van der Waals surface area (Å²) in [6.07, 6.45) is 3.23. The van der Waals surface area contributed by atoms with E-state index in [1.807, 2.05) is 42.5 Å². The Labute approximate surface area is 165 Å². The van der Waals surface area contributed by atoms with Crippen molar-refractivity contribution in [3.63, 3.8) is 0 Å². The third-order valence-corrected chi connectivity index (χ3v) is 4.53. The second-order valence-electron chi connectivity index (χ2n) is 6.31. The molecule has 1 aliphatic heterocycles. The van der Waals surface area contributed by atoms with Crippen molar-refractivity contribution in [1.29, 1.82) is 0 Å². The van der Waals surface area contributed by atoms with Crippen LogP contribution in [0, 0.1) is 0 Å². The summed E-state index contributed by atoms with van der Waals surface area (Å²) < 4.78 is 16.5. The first-order valence-corrected chi connectivity index (χ1v) is 9.52. The molecule has 1 N–H and O–H groups in total. The maximum atomic E-state index is 12.3. The van der Waals surface area contributed by atoms with E-state index in [0.717, 1.165) is 30.9 Å². The molecular formula is C22H26N2O4. The van der Waals surface area contributed by atoms with E-state index in [4.69, 9.17) is 14.2 Å². The van der Waals surface area contributed by atoms with Crippen molar-refractivity contribution < 1.29 is 19.0 Å². The van der Waals surface area contributed by atoms with Crippen molar-refractivity contribution >= 4 is 17.7 Å². The van der Waals surface area contributed by atoms with E-state index in [2.05, 4.69) is 24.1 Å². The van der Waals surface area contributed by atoms with Gasteiger partial charge in [-0.1, -0.05) is 32.0 Å². The molecule has 6 heteroatoms. The molecule has 0 saturated carbocycles.